The molecule has 1 heterocycles. The van der Waals surface area contributed by atoms with Crippen LogP contribution < -0.4 is 5.14 Å². The van der Waals surface area contributed by atoms with E-state index in [0.717, 1.165) is 16.3 Å². The van der Waals surface area contributed by atoms with Crippen molar-refractivity contribution in [1.82, 2.24) is 9.78 Å². The van der Waals surface area contributed by atoms with Crippen molar-refractivity contribution >= 4 is 22.2 Å². The highest BCUT2D eigenvalue weighted by Crippen LogP contribution is 2.31. The van der Waals surface area contributed by atoms with Crippen LogP contribution in [0.25, 0.3) is 17.8 Å². The first kappa shape index (κ1) is 18.9. The Bertz CT molecular complexity index is 1090. The quantitative estimate of drug-likeness (QED) is 0.734. The second-order valence-electron chi connectivity index (χ2n) is 5.62. The SMILES string of the molecule is NS(=O)(=O)c1ccccc1-n1nc(C(F)(F)F)cc1C=Cc1ccccc1. The topological polar surface area (TPSA) is 78.0 Å². The molecule has 27 heavy (non-hydrogen) atoms. The molecule has 3 rings (SSSR count). The third-order valence-corrected chi connectivity index (χ3v) is 4.63. The zero-order valence-electron chi connectivity index (χ0n) is 13.8. The van der Waals surface area contributed by atoms with Crippen LogP contribution in [0.1, 0.15) is 17.0 Å². The van der Waals surface area contributed by atoms with Gasteiger partial charge < -0.3 is 0 Å². The maximum absolute atomic E-state index is 13.2. The van der Waals surface area contributed by atoms with Crippen molar-refractivity contribution in [1.29, 1.82) is 0 Å². The molecule has 0 saturated carbocycles. The number of rotatable bonds is 4. The number of hydrogen-bond donors (Lipinski definition) is 1. The third kappa shape index (κ3) is 4.26. The van der Waals surface area contributed by atoms with Gasteiger partial charge in [-0.1, -0.05) is 48.5 Å². The number of primary sulfonamides is 1. The lowest BCUT2D eigenvalue weighted by Crippen LogP contribution is -2.16. The monoisotopic (exact) mass is 393 g/mol. The number of nitrogens with zero attached hydrogens (tertiary/aromatic N) is 2. The minimum atomic E-state index is -4.68. The summed E-state index contributed by atoms with van der Waals surface area (Å²) in [6.45, 7) is 0. The summed E-state index contributed by atoms with van der Waals surface area (Å²) in [6, 6.07) is 15.3. The Hall–Kier alpha value is -2.91. The maximum atomic E-state index is 13.2. The first-order chi connectivity index (χ1) is 12.7. The van der Waals surface area contributed by atoms with Gasteiger partial charge in [-0.25, -0.2) is 18.2 Å². The molecular weight excluding hydrogens is 379 g/mol. The summed E-state index contributed by atoms with van der Waals surface area (Å²) in [7, 11) is -4.16. The van der Waals surface area contributed by atoms with E-state index in [0.29, 0.717) is 0 Å². The van der Waals surface area contributed by atoms with Crippen LogP contribution in [-0.4, -0.2) is 18.2 Å². The van der Waals surface area contributed by atoms with E-state index in [2.05, 4.69) is 5.10 Å². The zero-order valence-corrected chi connectivity index (χ0v) is 14.6. The fourth-order valence-corrected chi connectivity index (χ4v) is 3.18. The summed E-state index contributed by atoms with van der Waals surface area (Å²) in [6.07, 6.45) is -1.65. The number of benzene rings is 2. The molecule has 3 aromatic rings. The normalized spacial score (nSPS) is 12.6. The van der Waals surface area contributed by atoms with Crippen molar-refractivity contribution in [2.75, 3.05) is 0 Å². The van der Waals surface area contributed by atoms with Crippen LogP contribution in [0.5, 0.6) is 0 Å². The fraction of sp³-hybridized carbons (Fsp3) is 0.0556. The first-order valence-electron chi connectivity index (χ1n) is 7.69. The van der Waals surface area contributed by atoms with Crippen LogP contribution >= 0.6 is 0 Å². The van der Waals surface area contributed by atoms with E-state index in [4.69, 9.17) is 5.14 Å². The van der Waals surface area contributed by atoms with Gasteiger partial charge >= 0.3 is 6.18 Å². The zero-order chi connectivity index (χ0) is 19.7. The Balaban J connectivity index is 2.18. The lowest BCUT2D eigenvalue weighted by Gasteiger charge is -2.09. The largest absolute Gasteiger partial charge is 0.435 e. The minimum absolute atomic E-state index is 0.0577. The highest BCUT2D eigenvalue weighted by Gasteiger charge is 2.35. The van der Waals surface area contributed by atoms with Gasteiger partial charge in [0.05, 0.1) is 11.4 Å². The third-order valence-electron chi connectivity index (χ3n) is 3.67. The number of halogens is 3. The first-order valence-corrected chi connectivity index (χ1v) is 9.23. The van der Waals surface area contributed by atoms with Gasteiger partial charge in [-0.3, -0.25) is 0 Å². The summed E-state index contributed by atoms with van der Waals surface area (Å²) < 4.78 is 64.0. The van der Waals surface area contributed by atoms with Gasteiger partial charge in [0.15, 0.2) is 5.69 Å². The second-order valence-corrected chi connectivity index (χ2v) is 7.15. The molecule has 2 aromatic carbocycles. The van der Waals surface area contributed by atoms with E-state index in [-0.39, 0.29) is 16.3 Å². The molecule has 2 N–H and O–H groups in total. The van der Waals surface area contributed by atoms with Crippen LogP contribution in [0.3, 0.4) is 0 Å². The van der Waals surface area contributed by atoms with Gasteiger partial charge in [-0.15, -0.1) is 0 Å². The highest BCUT2D eigenvalue weighted by atomic mass is 32.2. The summed E-state index contributed by atoms with van der Waals surface area (Å²) >= 11 is 0. The molecule has 0 aliphatic carbocycles. The molecule has 0 spiro atoms. The Morgan fingerprint density at radius 3 is 2.22 bits per heavy atom. The number of nitrogens with two attached hydrogens (primary N) is 1. The Morgan fingerprint density at radius 1 is 0.963 bits per heavy atom. The Morgan fingerprint density at radius 2 is 1.59 bits per heavy atom. The van der Waals surface area contributed by atoms with E-state index in [9.17, 15) is 21.6 Å². The maximum Gasteiger partial charge on any atom is 0.435 e. The van der Waals surface area contributed by atoms with Gasteiger partial charge in [0.1, 0.15) is 4.90 Å². The standard InChI is InChI=1S/C18H14F3N3O2S/c19-18(20,21)17-12-14(11-10-13-6-2-1-3-7-13)24(23-17)15-8-4-5-9-16(15)27(22,25)26/h1-12H,(H2,22,25,26). The number of para-hydroxylation sites is 1. The van der Waals surface area contributed by atoms with E-state index in [1.165, 1.54) is 30.3 Å². The second kappa shape index (κ2) is 7.01. The Kier molecular flexibility index (Phi) is 4.90. The fourth-order valence-electron chi connectivity index (χ4n) is 2.46. The molecule has 0 radical (unpaired) electrons. The average Bonchev–Trinajstić information content (AvgIpc) is 3.05. The van der Waals surface area contributed by atoms with Gasteiger partial charge in [-0.05, 0) is 29.8 Å². The molecule has 0 aliphatic rings. The van der Waals surface area contributed by atoms with Gasteiger partial charge in [-0.2, -0.15) is 18.3 Å². The highest BCUT2D eigenvalue weighted by molar-refractivity contribution is 7.89. The van der Waals surface area contributed by atoms with Gasteiger partial charge in [0.25, 0.3) is 0 Å². The molecule has 0 atom stereocenters. The van der Waals surface area contributed by atoms with Crippen molar-refractivity contribution in [3.63, 3.8) is 0 Å². The van der Waals surface area contributed by atoms with Crippen LogP contribution in [-0.2, 0) is 16.2 Å². The molecule has 0 saturated heterocycles. The number of hydrogen-bond acceptors (Lipinski definition) is 3. The summed E-state index contributed by atoms with van der Waals surface area (Å²) in [5.74, 6) is 0. The number of aromatic nitrogens is 2. The summed E-state index contributed by atoms with van der Waals surface area (Å²) in [5, 5.41) is 8.75. The van der Waals surface area contributed by atoms with Crippen molar-refractivity contribution in [2.24, 2.45) is 5.14 Å². The van der Waals surface area contributed by atoms with E-state index >= 15 is 0 Å². The summed E-state index contributed by atoms with van der Waals surface area (Å²) in [4.78, 5) is -0.323. The number of sulfonamides is 1. The van der Waals surface area contributed by atoms with E-state index in [1.807, 2.05) is 6.07 Å². The van der Waals surface area contributed by atoms with Crippen LogP contribution in [0.4, 0.5) is 13.2 Å². The van der Waals surface area contributed by atoms with Crippen LogP contribution in [0.2, 0.25) is 0 Å². The molecule has 9 heteroatoms. The molecule has 0 amide bonds. The van der Waals surface area contributed by atoms with Crippen molar-refractivity contribution in [3.8, 4) is 5.69 Å². The molecule has 0 bridgehead atoms. The van der Waals surface area contributed by atoms with Crippen LogP contribution in [0.15, 0.2) is 65.6 Å². The average molecular weight is 393 g/mol. The molecular formula is C18H14F3N3O2S. The van der Waals surface area contributed by atoms with Gasteiger partial charge in [0.2, 0.25) is 10.0 Å². The smallest absolute Gasteiger partial charge is 0.232 e. The van der Waals surface area contributed by atoms with Crippen molar-refractivity contribution in [2.45, 2.75) is 11.1 Å². The predicted octanol–water partition coefficient (Wildman–Crippen LogP) is 3.71. The molecule has 1 aromatic heterocycles. The lowest BCUT2D eigenvalue weighted by molar-refractivity contribution is -0.141. The molecule has 0 unspecified atom stereocenters. The molecule has 140 valence electrons. The van der Waals surface area contributed by atoms with Crippen molar-refractivity contribution in [3.05, 3.63) is 77.6 Å². The summed E-state index contributed by atoms with van der Waals surface area (Å²) in [5.41, 5.74) is -0.386. The van der Waals surface area contributed by atoms with Gasteiger partial charge in [0, 0.05) is 0 Å². The lowest BCUT2D eigenvalue weighted by atomic mass is 10.2. The molecule has 5 nitrogen and oxygen atoms in total. The minimum Gasteiger partial charge on any atom is -0.232 e. The molecule has 0 fully saturated rings. The Labute approximate surface area is 153 Å². The predicted molar refractivity (Wildman–Crippen MR) is 95.3 cm³/mol. The number of alkyl halides is 3. The van der Waals surface area contributed by atoms with E-state index < -0.39 is 21.9 Å². The van der Waals surface area contributed by atoms with Crippen LogP contribution in [0, 0.1) is 0 Å². The molecule has 0 aliphatic heterocycles. The van der Waals surface area contributed by atoms with Crippen molar-refractivity contribution < 1.29 is 21.6 Å². The van der Waals surface area contributed by atoms with E-state index in [1.54, 1.807) is 30.3 Å².